The molecule has 0 bridgehead atoms. The van der Waals surface area contributed by atoms with E-state index in [4.69, 9.17) is 0 Å². The number of aryl methyl sites for hydroxylation is 1. The summed E-state index contributed by atoms with van der Waals surface area (Å²) in [4.78, 5) is 0.179. The molecule has 1 unspecified atom stereocenters. The molecule has 0 fully saturated rings. The molecule has 0 aromatic heterocycles. The summed E-state index contributed by atoms with van der Waals surface area (Å²) in [5, 5.41) is 10.1. The number of aliphatic hydroxyl groups is 1. The van der Waals surface area contributed by atoms with Crippen molar-refractivity contribution in [3.63, 3.8) is 0 Å². The summed E-state index contributed by atoms with van der Waals surface area (Å²) in [6.07, 6.45) is 0. The average Bonchev–Trinajstić information content (AvgIpc) is 2.52. The zero-order valence-corrected chi connectivity index (χ0v) is 13.2. The van der Waals surface area contributed by atoms with Crippen molar-refractivity contribution >= 4 is 10.0 Å². The molecule has 1 heterocycles. The van der Waals surface area contributed by atoms with Gasteiger partial charge >= 0.3 is 0 Å². The van der Waals surface area contributed by atoms with Crippen molar-refractivity contribution < 1.29 is 13.5 Å². The van der Waals surface area contributed by atoms with Crippen molar-refractivity contribution in [3.8, 4) is 0 Å². The summed E-state index contributed by atoms with van der Waals surface area (Å²) in [6.45, 7) is 3.64. The smallest absolute Gasteiger partial charge is 0.267 e. The van der Waals surface area contributed by atoms with Gasteiger partial charge in [0.1, 0.15) is 0 Å². The minimum absolute atomic E-state index is 0.179. The Hall–Kier alpha value is -2.27. The van der Waals surface area contributed by atoms with Crippen molar-refractivity contribution in [2.75, 3.05) is 0 Å². The molecule has 2 aromatic rings. The summed E-state index contributed by atoms with van der Waals surface area (Å²) < 4.78 is 26.7. The lowest BCUT2D eigenvalue weighted by atomic mass is 9.95. The highest BCUT2D eigenvalue weighted by Crippen LogP contribution is 2.44. The second kappa shape index (κ2) is 5.18. The Balaban J connectivity index is 2.05. The monoisotopic (exact) mass is 315 g/mol. The van der Waals surface area contributed by atoms with Crippen LogP contribution in [0.3, 0.4) is 0 Å². The van der Waals surface area contributed by atoms with Gasteiger partial charge in [0.2, 0.25) is 5.88 Å². The van der Waals surface area contributed by atoms with Gasteiger partial charge in [-0.1, -0.05) is 48.0 Å². The van der Waals surface area contributed by atoms with Gasteiger partial charge in [-0.3, -0.25) is 0 Å². The van der Waals surface area contributed by atoms with E-state index in [1.54, 1.807) is 31.2 Å². The van der Waals surface area contributed by atoms with Gasteiger partial charge < -0.3 is 5.11 Å². The number of hydrogen-bond acceptors (Lipinski definition) is 3. The second-order valence-electron chi connectivity index (χ2n) is 5.43. The summed E-state index contributed by atoms with van der Waals surface area (Å²) >= 11 is 0. The number of benzene rings is 2. The molecular formula is C17H17NO3S. The highest BCUT2D eigenvalue weighted by atomic mass is 32.2. The van der Waals surface area contributed by atoms with Crippen LogP contribution in [0.15, 0.2) is 70.9 Å². The lowest BCUT2D eigenvalue weighted by Gasteiger charge is -2.41. The molecule has 1 aliphatic rings. The SMILES string of the molecule is CC1=C(O)N(S(=O)(=O)c2ccc(C)cc2)C1c1ccccc1. The van der Waals surface area contributed by atoms with Gasteiger partial charge in [0.05, 0.1) is 10.9 Å². The minimum Gasteiger partial charge on any atom is -0.494 e. The van der Waals surface area contributed by atoms with Crippen LogP contribution < -0.4 is 0 Å². The van der Waals surface area contributed by atoms with E-state index in [0.29, 0.717) is 5.57 Å². The molecule has 1 N–H and O–H groups in total. The van der Waals surface area contributed by atoms with Gasteiger partial charge in [-0.2, -0.15) is 0 Å². The third kappa shape index (κ3) is 2.18. The van der Waals surface area contributed by atoms with Gasteiger partial charge in [-0.05, 0) is 31.5 Å². The van der Waals surface area contributed by atoms with E-state index >= 15 is 0 Å². The minimum atomic E-state index is -3.77. The van der Waals surface area contributed by atoms with Crippen LogP contribution >= 0.6 is 0 Å². The van der Waals surface area contributed by atoms with Crippen molar-refractivity contribution in [2.24, 2.45) is 0 Å². The molecule has 2 aromatic carbocycles. The summed E-state index contributed by atoms with van der Waals surface area (Å²) in [6, 6.07) is 15.5. The van der Waals surface area contributed by atoms with Crippen LogP contribution in [0.2, 0.25) is 0 Å². The molecule has 114 valence electrons. The predicted molar refractivity (Wildman–Crippen MR) is 84.7 cm³/mol. The number of nitrogens with zero attached hydrogens (tertiary/aromatic N) is 1. The first-order valence-corrected chi connectivity index (χ1v) is 8.42. The molecular weight excluding hydrogens is 298 g/mol. The topological polar surface area (TPSA) is 57.6 Å². The largest absolute Gasteiger partial charge is 0.494 e. The molecule has 0 saturated heterocycles. The van der Waals surface area contributed by atoms with Crippen LogP contribution in [0, 0.1) is 6.92 Å². The fraction of sp³-hybridized carbons (Fsp3) is 0.176. The maximum absolute atomic E-state index is 12.8. The van der Waals surface area contributed by atoms with Gasteiger partial charge in [0.15, 0.2) is 0 Å². The van der Waals surface area contributed by atoms with Crippen molar-refractivity contribution in [3.05, 3.63) is 77.2 Å². The van der Waals surface area contributed by atoms with Gasteiger partial charge in [-0.15, -0.1) is 0 Å². The third-order valence-electron chi connectivity index (χ3n) is 3.90. The Kier molecular flexibility index (Phi) is 3.45. The van der Waals surface area contributed by atoms with Crippen LogP contribution in [-0.4, -0.2) is 17.8 Å². The molecule has 22 heavy (non-hydrogen) atoms. The fourth-order valence-corrected chi connectivity index (χ4v) is 4.26. The molecule has 1 aliphatic heterocycles. The van der Waals surface area contributed by atoms with Gasteiger partial charge in [0, 0.05) is 5.57 Å². The molecule has 1 atom stereocenters. The number of rotatable bonds is 3. The third-order valence-corrected chi connectivity index (χ3v) is 5.67. The standard InChI is InChI=1S/C17H17NO3S/c1-12-8-10-15(11-9-12)22(20,21)18-16(13(2)17(18)19)14-6-4-3-5-7-14/h3-11,16,19H,1-2H3. The molecule has 0 radical (unpaired) electrons. The maximum Gasteiger partial charge on any atom is 0.267 e. The van der Waals surface area contributed by atoms with Crippen molar-refractivity contribution in [1.29, 1.82) is 0 Å². The van der Waals surface area contributed by atoms with Crippen LogP contribution in [0.1, 0.15) is 24.1 Å². The fourth-order valence-electron chi connectivity index (χ4n) is 2.63. The average molecular weight is 315 g/mol. The Morgan fingerprint density at radius 1 is 0.955 bits per heavy atom. The van der Waals surface area contributed by atoms with Crippen LogP contribution in [-0.2, 0) is 10.0 Å². The van der Waals surface area contributed by atoms with Gasteiger partial charge in [0.25, 0.3) is 10.0 Å². The highest BCUT2D eigenvalue weighted by Gasteiger charge is 2.44. The quantitative estimate of drug-likeness (QED) is 0.942. The first-order valence-electron chi connectivity index (χ1n) is 6.98. The van der Waals surface area contributed by atoms with Crippen LogP contribution in [0.4, 0.5) is 0 Å². The number of hydrogen-bond donors (Lipinski definition) is 1. The normalized spacial score (nSPS) is 18.3. The van der Waals surface area contributed by atoms with E-state index in [9.17, 15) is 13.5 Å². The molecule has 3 rings (SSSR count). The van der Waals surface area contributed by atoms with Gasteiger partial charge in [-0.25, -0.2) is 12.7 Å². The number of aliphatic hydroxyl groups excluding tert-OH is 1. The lowest BCUT2D eigenvalue weighted by Crippen LogP contribution is -2.43. The summed E-state index contributed by atoms with van der Waals surface area (Å²) in [5.74, 6) is -0.186. The first-order chi connectivity index (χ1) is 10.4. The van der Waals surface area contributed by atoms with Crippen LogP contribution in [0.25, 0.3) is 0 Å². The molecule has 0 amide bonds. The molecule has 0 spiro atoms. The molecule has 0 aliphatic carbocycles. The Morgan fingerprint density at radius 2 is 1.55 bits per heavy atom. The van der Waals surface area contributed by atoms with Crippen molar-refractivity contribution in [1.82, 2.24) is 4.31 Å². The lowest BCUT2D eigenvalue weighted by molar-refractivity contribution is 0.193. The van der Waals surface area contributed by atoms with E-state index in [0.717, 1.165) is 15.4 Å². The Bertz CT molecular complexity index is 824. The predicted octanol–water partition coefficient (Wildman–Crippen LogP) is 3.53. The molecule has 5 heteroatoms. The van der Waals surface area contributed by atoms with E-state index < -0.39 is 16.1 Å². The van der Waals surface area contributed by atoms with E-state index in [1.165, 1.54) is 0 Å². The first kappa shape index (κ1) is 14.7. The zero-order chi connectivity index (χ0) is 15.9. The highest BCUT2D eigenvalue weighted by molar-refractivity contribution is 7.89. The second-order valence-corrected chi connectivity index (χ2v) is 7.25. The van der Waals surface area contributed by atoms with E-state index in [1.807, 2.05) is 37.3 Å². The molecule has 4 nitrogen and oxygen atoms in total. The Morgan fingerprint density at radius 3 is 2.14 bits per heavy atom. The van der Waals surface area contributed by atoms with E-state index in [2.05, 4.69) is 0 Å². The van der Waals surface area contributed by atoms with Crippen molar-refractivity contribution in [2.45, 2.75) is 24.8 Å². The maximum atomic E-state index is 12.8. The zero-order valence-electron chi connectivity index (χ0n) is 12.4. The summed E-state index contributed by atoms with van der Waals surface area (Å²) in [5.41, 5.74) is 2.48. The Labute approximate surface area is 130 Å². The van der Waals surface area contributed by atoms with Crippen LogP contribution in [0.5, 0.6) is 0 Å². The number of sulfonamides is 1. The molecule has 0 saturated carbocycles. The summed E-state index contributed by atoms with van der Waals surface area (Å²) in [7, 11) is -3.77. The van der Waals surface area contributed by atoms with E-state index in [-0.39, 0.29) is 10.8 Å².